The molecule has 0 amide bonds. The molecule has 4 aromatic rings. The largest absolute Gasteiger partial charge is 0.478 e. The number of carboxylic acid groups (broad SMARTS) is 2. The van der Waals surface area contributed by atoms with Crippen molar-refractivity contribution in [3.63, 3.8) is 0 Å². The van der Waals surface area contributed by atoms with E-state index in [1.54, 1.807) is 24.3 Å². The van der Waals surface area contributed by atoms with E-state index in [0.717, 1.165) is 12.1 Å². The van der Waals surface area contributed by atoms with Gasteiger partial charge in [-0.25, -0.2) is 9.59 Å². The van der Waals surface area contributed by atoms with Crippen LogP contribution in [0.5, 0.6) is 0 Å². The van der Waals surface area contributed by atoms with E-state index in [1.807, 2.05) is 0 Å². The maximum Gasteiger partial charge on any atom is 0.335 e. The average Bonchev–Trinajstić information content (AvgIpc) is 2.95. The van der Waals surface area contributed by atoms with Crippen molar-refractivity contribution in [2.75, 3.05) is 0 Å². The fourth-order valence-corrected chi connectivity index (χ4v) is 3.87. The first-order valence-corrected chi connectivity index (χ1v) is 11.2. The predicted octanol–water partition coefficient (Wildman–Crippen LogP) is 4.88. The number of hydrogen-bond donors (Lipinski definition) is 2. The molecule has 0 aliphatic heterocycles. The van der Waals surface area contributed by atoms with Crippen molar-refractivity contribution < 1.29 is 39.0 Å². The van der Waals surface area contributed by atoms with Gasteiger partial charge >= 0.3 is 11.9 Å². The van der Waals surface area contributed by atoms with E-state index in [1.165, 1.54) is 60.7 Å². The minimum absolute atomic E-state index is 0.0183. The molecular weight excluding hydrogens is 488 g/mol. The molecule has 8 nitrogen and oxygen atoms in total. The van der Waals surface area contributed by atoms with Crippen LogP contribution in [0.25, 0.3) is 11.1 Å². The van der Waals surface area contributed by atoms with Crippen LogP contribution in [0.1, 0.15) is 62.1 Å². The number of hydrogen-bond acceptors (Lipinski definition) is 6. The van der Waals surface area contributed by atoms with Crippen LogP contribution in [0.3, 0.4) is 0 Å². The molecule has 2 N–H and O–H groups in total. The molecule has 0 bridgehead atoms. The van der Waals surface area contributed by atoms with Gasteiger partial charge in [0.25, 0.3) is 0 Å². The maximum atomic E-state index is 13.3. The minimum Gasteiger partial charge on any atom is -0.478 e. The van der Waals surface area contributed by atoms with Crippen molar-refractivity contribution in [3.8, 4) is 11.1 Å². The van der Waals surface area contributed by atoms with Crippen molar-refractivity contribution in [2.24, 2.45) is 0 Å². The molecule has 0 atom stereocenters. The molecule has 0 aliphatic rings. The van der Waals surface area contributed by atoms with Crippen LogP contribution >= 0.6 is 0 Å². The van der Waals surface area contributed by atoms with Gasteiger partial charge in [0.2, 0.25) is 23.1 Å². The molecule has 0 unspecified atom stereocenters. The second-order valence-corrected chi connectivity index (χ2v) is 8.18. The molecule has 0 saturated carbocycles. The highest BCUT2D eigenvalue weighted by molar-refractivity contribution is 6.51. The molecule has 0 radical (unpaired) electrons. The summed E-state index contributed by atoms with van der Waals surface area (Å²) in [6.07, 6.45) is 0. The topological polar surface area (TPSA) is 143 Å². The summed E-state index contributed by atoms with van der Waals surface area (Å²) < 4.78 is 0. The van der Waals surface area contributed by atoms with Crippen molar-refractivity contribution in [2.45, 2.75) is 0 Å². The van der Waals surface area contributed by atoms with Crippen LogP contribution in [0.15, 0.2) is 97.1 Å². The lowest BCUT2D eigenvalue weighted by molar-refractivity contribution is 0.0686. The van der Waals surface area contributed by atoms with E-state index in [-0.39, 0.29) is 44.5 Å². The summed E-state index contributed by atoms with van der Waals surface area (Å²) in [6, 6.07) is 22.0. The molecule has 0 aliphatic carbocycles. The van der Waals surface area contributed by atoms with Gasteiger partial charge in [-0.3, -0.25) is 19.2 Å². The number of carbonyl (C=O) groups is 6. The lowest BCUT2D eigenvalue weighted by Crippen LogP contribution is -2.18. The van der Waals surface area contributed by atoms with Gasteiger partial charge in [-0.15, -0.1) is 0 Å². The number of carboxylic acids is 2. The first-order chi connectivity index (χ1) is 18.2. The predicted molar refractivity (Wildman–Crippen MR) is 136 cm³/mol. The molecule has 0 saturated heterocycles. The molecule has 0 aromatic heterocycles. The SMILES string of the molecule is O=C(O)c1ccc(C(=O)C(=O)c2ccc(C(=O)O)cc2-c2ccccc2C(=O)C(=O)c2ccccc2)cc1. The van der Waals surface area contributed by atoms with Gasteiger partial charge in [-0.05, 0) is 41.5 Å². The zero-order valence-electron chi connectivity index (χ0n) is 19.6. The van der Waals surface area contributed by atoms with Gasteiger partial charge in [0.05, 0.1) is 11.1 Å². The molecule has 186 valence electrons. The molecule has 0 fully saturated rings. The Balaban J connectivity index is 1.82. The van der Waals surface area contributed by atoms with E-state index >= 15 is 0 Å². The summed E-state index contributed by atoms with van der Waals surface area (Å²) in [4.78, 5) is 75.2. The van der Waals surface area contributed by atoms with Gasteiger partial charge in [-0.2, -0.15) is 0 Å². The average molecular weight is 506 g/mol. The molecule has 0 heterocycles. The summed E-state index contributed by atoms with van der Waals surface area (Å²) >= 11 is 0. The molecule has 0 spiro atoms. The Morgan fingerprint density at radius 1 is 0.395 bits per heavy atom. The number of carbonyl (C=O) groups excluding carboxylic acids is 4. The van der Waals surface area contributed by atoms with E-state index < -0.39 is 35.1 Å². The molecule has 8 heteroatoms. The van der Waals surface area contributed by atoms with Gasteiger partial charge in [0.1, 0.15) is 0 Å². The van der Waals surface area contributed by atoms with Crippen LogP contribution in [0, 0.1) is 0 Å². The summed E-state index contributed by atoms with van der Waals surface area (Å²) in [5.41, 5.74) is -0.370. The minimum atomic E-state index is -1.30. The number of Topliss-reactive ketones (excluding diaryl/α,β-unsaturated/α-hetero) is 4. The van der Waals surface area contributed by atoms with Gasteiger partial charge < -0.3 is 10.2 Å². The van der Waals surface area contributed by atoms with E-state index in [4.69, 9.17) is 5.11 Å². The van der Waals surface area contributed by atoms with E-state index in [9.17, 15) is 33.9 Å². The maximum absolute atomic E-state index is 13.3. The number of aromatic carboxylic acids is 2. The highest BCUT2D eigenvalue weighted by atomic mass is 16.4. The van der Waals surface area contributed by atoms with Crippen LogP contribution in [0.4, 0.5) is 0 Å². The Bertz CT molecular complexity index is 1620. The molecule has 38 heavy (non-hydrogen) atoms. The normalized spacial score (nSPS) is 10.4. The summed E-state index contributed by atoms with van der Waals surface area (Å²) in [5, 5.41) is 18.6. The van der Waals surface area contributed by atoms with E-state index in [2.05, 4.69) is 0 Å². The summed E-state index contributed by atoms with van der Waals surface area (Å²) in [5.74, 6) is -6.14. The second kappa shape index (κ2) is 10.6. The highest BCUT2D eigenvalue weighted by Crippen LogP contribution is 2.30. The van der Waals surface area contributed by atoms with Crippen molar-refractivity contribution in [1.82, 2.24) is 0 Å². The lowest BCUT2D eigenvalue weighted by Gasteiger charge is -2.13. The van der Waals surface area contributed by atoms with E-state index in [0.29, 0.717) is 0 Å². The molecular formula is C30H18O8. The Morgan fingerprint density at radius 3 is 1.42 bits per heavy atom. The van der Waals surface area contributed by atoms with Crippen LogP contribution in [-0.2, 0) is 0 Å². The summed E-state index contributed by atoms with van der Waals surface area (Å²) in [7, 11) is 0. The molecule has 4 rings (SSSR count). The van der Waals surface area contributed by atoms with Gasteiger partial charge in [0.15, 0.2) is 0 Å². The van der Waals surface area contributed by atoms with Crippen molar-refractivity contribution in [3.05, 3.63) is 130 Å². The quantitative estimate of drug-likeness (QED) is 0.241. The summed E-state index contributed by atoms with van der Waals surface area (Å²) in [6.45, 7) is 0. The fraction of sp³-hybridized carbons (Fsp3) is 0. The fourth-order valence-electron chi connectivity index (χ4n) is 3.87. The smallest absolute Gasteiger partial charge is 0.335 e. The monoisotopic (exact) mass is 506 g/mol. The highest BCUT2D eigenvalue weighted by Gasteiger charge is 2.27. The van der Waals surface area contributed by atoms with Crippen LogP contribution in [-0.4, -0.2) is 45.3 Å². The van der Waals surface area contributed by atoms with Crippen LogP contribution < -0.4 is 0 Å². The van der Waals surface area contributed by atoms with Crippen LogP contribution in [0.2, 0.25) is 0 Å². The number of rotatable bonds is 9. The Labute approximate surface area is 215 Å². The van der Waals surface area contributed by atoms with Crippen molar-refractivity contribution in [1.29, 1.82) is 0 Å². The standard InChI is InChI=1S/C30H18O8/c31-25(17-6-2-1-3-7-17)27(33)22-9-5-4-8-21(22)24-16-20(30(37)38)14-15-23(24)28(34)26(32)18-10-12-19(13-11-18)29(35)36/h1-16H,(H,35,36)(H,37,38). The Kier molecular flexibility index (Phi) is 7.16. The lowest BCUT2D eigenvalue weighted by atomic mass is 9.87. The molecule has 4 aromatic carbocycles. The third-order valence-corrected chi connectivity index (χ3v) is 5.82. The number of ketones is 4. The number of benzene rings is 4. The van der Waals surface area contributed by atoms with Crippen molar-refractivity contribution >= 4 is 35.1 Å². The van der Waals surface area contributed by atoms with Gasteiger partial charge in [-0.1, -0.05) is 66.7 Å². The zero-order chi connectivity index (χ0) is 27.4. The Hall–Kier alpha value is -5.50. The second-order valence-electron chi connectivity index (χ2n) is 8.18. The first-order valence-electron chi connectivity index (χ1n) is 11.2. The third kappa shape index (κ3) is 5.05. The third-order valence-electron chi connectivity index (χ3n) is 5.82. The van der Waals surface area contributed by atoms with Gasteiger partial charge in [0, 0.05) is 22.3 Å². The zero-order valence-corrected chi connectivity index (χ0v) is 19.6. The Morgan fingerprint density at radius 2 is 0.842 bits per heavy atom. The first kappa shape index (κ1) is 25.6.